The van der Waals surface area contributed by atoms with Gasteiger partial charge in [0.05, 0.1) is 5.69 Å². The number of hydrogen-bond donors (Lipinski definition) is 0. The molecule has 2 aromatic rings. The number of rotatable bonds is 3. The van der Waals surface area contributed by atoms with Gasteiger partial charge in [0.2, 0.25) is 0 Å². The monoisotopic (exact) mass is 187 g/mol. The number of aromatic nitrogens is 1. The van der Waals surface area contributed by atoms with Crippen molar-refractivity contribution in [1.82, 2.24) is 5.16 Å². The Morgan fingerprint density at radius 3 is 2.57 bits per heavy atom. The first kappa shape index (κ1) is 9.00. The second-order valence-corrected chi connectivity index (χ2v) is 3.41. The highest BCUT2D eigenvalue weighted by Gasteiger charge is 2.00. The van der Waals surface area contributed by atoms with Crippen LogP contribution in [0.3, 0.4) is 0 Å². The Hall–Kier alpha value is -1.57. The standard InChI is InChI=1S/C12H13NO/c1-10-9-12(13-14-10)8-7-11-5-3-2-4-6-11/h2-6,9H,7-8H2,1H3. The first-order chi connectivity index (χ1) is 6.84. The Morgan fingerprint density at radius 1 is 1.14 bits per heavy atom. The van der Waals surface area contributed by atoms with Crippen LogP contribution in [0.4, 0.5) is 0 Å². The minimum absolute atomic E-state index is 0.882. The molecule has 0 aliphatic carbocycles. The average molecular weight is 187 g/mol. The van der Waals surface area contributed by atoms with Crippen LogP contribution in [0.25, 0.3) is 0 Å². The zero-order chi connectivity index (χ0) is 9.80. The van der Waals surface area contributed by atoms with E-state index in [9.17, 15) is 0 Å². The molecule has 72 valence electrons. The van der Waals surface area contributed by atoms with E-state index < -0.39 is 0 Å². The quantitative estimate of drug-likeness (QED) is 0.738. The molecular weight excluding hydrogens is 174 g/mol. The predicted molar refractivity (Wildman–Crippen MR) is 55.1 cm³/mol. The maximum atomic E-state index is 5.00. The Labute approximate surface area is 83.5 Å². The molecule has 0 aliphatic heterocycles. The normalized spacial score (nSPS) is 10.4. The Morgan fingerprint density at radius 2 is 1.93 bits per heavy atom. The van der Waals surface area contributed by atoms with Gasteiger partial charge in [0.1, 0.15) is 5.76 Å². The number of aryl methyl sites for hydroxylation is 3. The van der Waals surface area contributed by atoms with Crippen LogP contribution in [0.1, 0.15) is 17.0 Å². The maximum absolute atomic E-state index is 5.00. The second kappa shape index (κ2) is 4.09. The summed E-state index contributed by atoms with van der Waals surface area (Å²) in [5.41, 5.74) is 2.37. The summed E-state index contributed by atoms with van der Waals surface area (Å²) >= 11 is 0. The number of hydrogen-bond acceptors (Lipinski definition) is 2. The summed E-state index contributed by atoms with van der Waals surface area (Å²) in [7, 11) is 0. The molecule has 1 aromatic heterocycles. The van der Waals surface area contributed by atoms with Crippen molar-refractivity contribution in [1.29, 1.82) is 0 Å². The van der Waals surface area contributed by atoms with E-state index in [1.165, 1.54) is 5.56 Å². The van der Waals surface area contributed by atoms with E-state index in [1.54, 1.807) is 0 Å². The summed E-state index contributed by atoms with van der Waals surface area (Å²) in [4.78, 5) is 0. The second-order valence-electron chi connectivity index (χ2n) is 3.41. The summed E-state index contributed by atoms with van der Waals surface area (Å²) in [6, 6.07) is 12.4. The SMILES string of the molecule is Cc1cc(CCc2ccccc2)no1. The summed E-state index contributed by atoms with van der Waals surface area (Å²) in [6.07, 6.45) is 1.97. The van der Waals surface area contributed by atoms with E-state index in [1.807, 2.05) is 19.1 Å². The molecule has 0 amide bonds. The van der Waals surface area contributed by atoms with E-state index in [-0.39, 0.29) is 0 Å². The van der Waals surface area contributed by atoms with Gasteiger partial charge in [-0.1, -0.05) is 35.5 Å². The van der Waals surface area contributed by atoms with Crippen molar-refractivity contribution in [2.45, 2.75) is 19.8 Å². The van der Waals surface area contributed by atoms with Crippen molar-refractivity contribution in [2.24, 2.45) is 0 Å². The topological polar surface area (TPSA) is 26.0 Å². The van der Waals surface area contributed by atoms with Crippen molar-refractivity contribution >= 4 is 0 Å². The molecule has 0 saturated heterocycles. The van der Waals surface area contributed by atoms with E-state index in [2.05, 4.69) is 29.4 Å². The summed E-state index contributed by atoms with van der Waals surface area (Å²) in [5, 5.41) is 3.96. The lowest BCUT2D eigenvalue weighted by Gasteiger charge is -1.96. The van der Waals surface area contributed by atoms with Crippen LogP contribution in [0, 0.1) is 6.92 Å². The molecule has 0 bridgehead atoms. The molecule has 0 aliphatic rings. The molecule has 2 rings (SSSR count). The van der Waals surface area contributed by atoms with Crippen molar-refractivity contribution in [3.63, 3.8) is 0 Å². The van der Waals surface area contributed by atoms with Gasteiger partial charge in [0.25, 0.3) is 0 Å². The summed E-state index contributed by atoms with van der Waals surface area (Å²) < 4.78 is 5.00. The van der Waals surface area contributed by atoms with Gasteiger partial charge in [-0.05, 0) is 25.3 Å². The van der Waals surface area contributed by atoms with E-state index >= 15 is 0 Å². The molecule has 0 unspecified atom stereocenters. The lowest BCUT2D eigenvalue weighted by atomic mass is 10.1. The molecule has 0 N–H and O–H groups in total. The van der Waals surface area contributed by atoms with E-state index in [4.69, 9.17) is 4.52 Å². The highest BCUT2D eigenvalue weighted by atomic mass is 16.5. The molecule has 14 heavy (non-hydrogen) atoms. The fraction of sp³-hybridized carbons (Fsp3) is 0.250. The molecule has 0 atom stereocenters. The van der Waals surface area contributed by atoms with Gasteiger partial charge in [0.15, 0.2) is 0 Å². The minimum Gasteiger partial charge on any atom is -0.361 e. The van der Waals surface area contributed by atoms with E-state index in [0.717, 1.165) is 24.3 Å². The summed E-state index contributed by atoms with van der Waals surface area (Å²) in [6.45, 7) is 1.92. The third kappa shape index (κ3) is 2.22. The Kier molecular flexibility index (Phi) is 2.63. The molecule has 0 saturated carbocycles. The molecule has 2 heteroatoms. The van der Waals surface area contributed by atoms with Gasteiger partial charge in [-0.25, -0.2) is 0 Å². The Bertz CT molecular complexity index is 392. The van der Waals surface area contributed by atoms with Crippen LogP contribution in [0.15, 0.2) is 40.9 Å². The van der Waals surface area contributed by atoms with Crippen LogP contribution >= 0.6 is 0 Å². The zero-order valence-corrected chi connectivity index (χ0v) is 8.23. The highest BCUT2D eigenvalue weighted by Crippen LogP contribution is 2.07. The van der Waals surface area contributed by atoms with Gasteiger partial charge in [-0.3, -0.25) is 0 Å². The van der Waals surface area contributed by atoms with Crippen LogP contribution in [-0.4, -0.2) is 5.16 Å². The van der Waals surface area contributed by atoms with Crippen LogP contribution < -0.4 is 0 Å². The highest BCUT2D eigenvalue weighted by molar-refractivity contribution is 5.16. The molecular formula is C12H13NO. The largest absolute Gasteiger partial charge is 0.361 e. The molecule has 0 radical (unpaired) electrons. The summed E-state index contributed by atoms with van der Waals surface area (Å²) in [5.74, 6) is 0.882. The predicted octanol–water partition coefficient (Wildman–Crippen LogP) is 2.77. The van der Waals surface area contributed by atoms with E-state index in [0.29, 0.717) is 0 Å². The lowest BCUT2D eigenvalue weighted by Crippen LogP contribution is -1.90. The molecule has 1 aromatic carbocycles. The molecule has 2 nitrogen and oxygen atoms in total. The van der Waals surface area contributed by atoms with Crippen molar-refractivity contribution < 1.29 is 4.52 Å². The number of benzene rings is 1. The van der Waals surface area contributed by atoms with Gasteiger partial charge >= 0.3 is 0 Å². The minimum atomic E-state index is 0.882. The third-order valence-corrected chi connectivity index (χ3v) is 2.19. The zero-order valence-electron chi connectivity index (χ0n) is 8.23. The van der Waals surface area contributed by atoms with Crippen molar-refractivity contribution in [3.05, 3.63) is 53.4 Å². The van der Waals surface area contributed by atoms with Gasteiger partial charge < -0.3 is 4.52 Å². The number of nitrogens with zero attached hydrogens (tertiary/aromatic N) is 1. The van der Waals surface area contributed by atoms with Crippen LogP contribution in [-0.2, 0) is 12.8 Å². The lowest BCUT2D eigenvalue weighted by molar-refractivity contribution is 0.390. The first-order valence-electron chi connectivity index (χ1n) is 4.81. The fourth-order valence-corrected chi connectivity index (χ4v) is 1.45. The fourth-order valence-electron chi connectivity index (χ4n) is 1.45. The smallest absolute Gasteiger partial charge is 0.133 e. The van der Waals surface area contributed by atoms with Crippen LogP contribution in [0.5, 0.6) is 0 Å². The van der Waals surface area contributed by atoms with Crippen molar-refractivity contribution in [2.75, 3.05) is 0 Å². The third-order valence-electron chi connectivity index (χ3n) is 2.19. The molecule has 0 spiro atoms. The first-order valence-corrected chi connectivity index (χ1v) is 4.81. The maximum Gasteiger partial charge on any atom is 0.133 e. The molecule has 1 heterocycles. The van der Waals surface area contributed by atoms with Gasteiger partial charge in [-0.15, -0.1) is 0 Å². The van der Waals surface area contributed by atoms with Gasteiger partial charge in [0, 0.05) is 6.07 Å². The average Bonchev–Trinajstić information content (AvgIpc) is 2.63. The van der Waals surface area contributed by atoms with Crippen LogP contribution in [0.2, 0.25) is 0 Å². The van der Waals surface area contributed by atoms with Crippen molar-refractivity contribution in [3.8, 4) is 0 Å². The molecule has 0 fully saturated rings. The Balaban J connectivity index is 1.95. The van der Waals surface area contributed by atoms with Gasteiger partial charge in [-0.2, -0.15) is 0 Å².